The molecule has 75 heavy (non-hydrogen) atoms. The first-order valence-corrected chi connectivity index (χ1v) is 26.5. The number of aliphatic hydroxyl groups is 2. The Hall–Kier alpha value is -7.12. The molecule has 15 nitrogen and oxygen atoms in total. The van der Waals surface area contributed by atoms with E-state index in [1.54, 1.807) is 84.9 Å². The predicted molar refractivity (Wildman–Crippen MR) is 278 cm³/mol. The number of carbonyl (C=O) groups excluding carboxylic acids is 4. The molecule has 0 amide bonds. The maximum absolute atomic E-state index is 14.3. The molecule has 0 saturated carbocycles. The molecule has 16 heteroatoms. The Morgan fingerprint density at radius 2 is 0.907 bits per heavy atom. The topological polar surface area (TPSA) is 192 Å². The van der Waals surface area contributed by atoms with Crippen molar-refractivity contribution in [3.05, 3.63) is 217 Å². The van der Waals surface area contributed by atoms with Gasteiger partial charge in [0.25, 0.3) is 8.32 Å². The summed E-state index contributed by atoms with van der Waals surface area (Å²) in [5, 5.41) is 26.1. The third-order valence-corrected chi connectivity index (χ3v) is 17.9. The minimum atomic E-state index is -3.27. The molecule has 2 N–H and O–H groups in total. The normalized spacial score (nSPS) is 23.7. The number of aliphatic hydroxyl groups excluding tert-OH is 2. The van der Waals surface area contributed by atoms with E-state index in [2.05, 4.69) is 27.4 Å². The summed E-state index contributed by atoms with van der Waals surface area (Å²) in [6, 6.07) is 51.6. The second-order valence-corrected chi connectivity index (χ2v) is 23.2. The monoisotopic (exact) mass is 1040 g/mol. The van der Waals surface area contributed by atoms with Crippen molar-refractivity contribution in [2.24, 2.45) is 0 Å². The Bertz CT molecular complexity index is 2760. The summed E-state index contributed by atoms with van der Waals surface area (Å²) in [7, 11) is -3.27. The molecule has 6 aromatic rings. The van der Waals surface area contributed by atoms with E-state index in [9.17, 15) is 29.4 Å². The Kier molecular flexibility index (Phi) is 18.0. The van der Waals surface area contributed by atoms with E-state index < -0.39 is 105 Å². The molecule has 0 aromatic heterocycles. The third kappa shape index (κ3) is 12.7. The summed E-state index contributed by atoms with van der Waals surface area (Å²) in [4.78, 5) is 56.3. The van der Waals surface area contributed by atoms with Crippen LogP contribution in [0, 0.1) is 0 Å². The molecule has 8 rings (SSSR count). The van der Waals surface area contributed by atoms with Crippen LogP contribution < -0.4 is 10.4 Å². The Morgan fingerprint density at radius 1 is 0.507 bits per heavy atom. The molecule has 0 bridgehead atoms. The van der Waals surface area contributed by atoms with Gasteiger partial charge in [-0.25, -0.2) is 19.2 Å². The lowest BCUT2D eigenvalue weighted by atomic mass is 9.96. The lowest BCUT2D eigenvalue weighted by Gasteiger charge is -2.48. The van der Waals surface area contributed by atoms with E-state index in [-0.39, 0.29) is 35.5 Å². The zero-order chi connectivity index (χ0) is 53.0. The van der Waals surface area contributed by atoms with Crippen LogP contribution in [0.15, 0.2) is 195 Å². The lowest BCUT2D eigenvalue weighted by Crippen LogP contribution is -2.69. The van der Waals surface area contributed by atoms with Crippen LogP contribution in [0.25, 0.3) is 0 Å². The van der Waals surface area contributed by atoms with Gasteiger partial charge in [0.1, 0.15) is 37.1 Å². The van der Waals surface area contributed by atoms with Crippen molar-refractivity contribution in [1.29, 1.82) is 0 Å². The van der Waals surface area contributed by atoms with Gasteiger partial charge in [0.15, 0.2) is 30.9 Å². The number of hydrogen-bond donors (Lipinski definition) is 2. The van der Waals surface area contributed by atoms with Crippen molar-refractivity contribution in [3.63, 3.8) is 0 Å². The van der Waals surface area contributed by atoms with Gasteiger partial charge in [-0.2, -0.15) is 0 Å². The van der Waals surface area contributed by atoms with E-state index in [0.29, 0.717) is 0 Å². The molecule has 2 aliphatic heterocycles. The first-order chi connectivity index (χ1) is 36.3. The number of rotatable bonds is 19. The molecule has 0 spiro atoms. The van der Waals surface area contributed by atoms with Crippen molar-refractivity contribution in [1.82, 2.24) is 0 Å². The van der Waals surface area contributed by atoms with E-state index >= 15 is 0 Å². The molecule has 10 atom stereocenters. The smallest absolute Gasteiger partial charge is 0.338 e. The summed E-state index contributed by atoms with van der Waals surface area (Å²) in [5.74, 6) is -3.52. The zero-order valence-corrected chi connectivity index (χ0v) is 42.7. The minimum absolute atomic E-state index is 0.0747. The SMILES string of the molecule is C=CCO[C@H]1O[C@H](CO[Si](c2ccccc2)(c2ccccc2)C(C)(C)C)[C@@H](O)[C@H](O[C@H]2O[C@H](COC(=O)c3ccccc3)[C@@H](OC(=O)c3ccccc3)[C@H](OC(=O)c3ccccc3)[C@@H]2OC(=O)c2ccccc2)[C@@H]1O. The van der Waals surface area contributed by atoms with Crippen LogP contribution in [0.4, 0.5) is 0 Å². The van der Waals surface area contributed by atoms with E-state index in [0.717, 1.165) is 10.4 Å². The van der Waals surface area contributed by atoms with E-state index in [1.165, 1.54) is 42.5 Å². The van der Waals surface area contributed by atoms with Crippen LogP contribution in [0.5, 0.6) is 0 Å². The number of carbonyl (C=O) groups is 4. The number of esters is 4. The second-order valence-electron chi connectivity index (χ2n) is 18.9. The Balaban J connectivity index is 1.21. The van der Waals surface area contributed by atoms with Gasteiger partial charge >= 0.3 is 23.9 Å². The number of ether oxygens (including phenoxy) is 8. The summed E-state index contributed by atoms with van der Waals surface area (Å²) in [5.41, 5.74) is 0.444. The number of hydrogen-bond acceptors (Lipinski definition) is 15. The molecular formula is C59H60O15Si. The van der Waals surface area contributed by atoms with Gasteiger partial charge in [-0.3, -0.25) is 0 Å². The Morgan fingerprint density at radius 3 is 1.35 bits per heavy atom. The van der Waals surface area contributed by atoms with Crippen LogP contribution in [-0.2, 0) is 42.3 Å². The average molecular weight is 1040 g/mol. The molecule has 0 unspecified atom stereocenters. The highest BCUT2D eigenvalue weighted by molar-refractivity contribution is 6.99. The van der Waals surface area contributed by atoms with E-state index in [1.807, 2.05) is 60.7 Å². The maximum atomic E-state index is 14.3. The van der Waals surface area contributed by atoms with Crippen molar-refractivity contribution in [2.75, 3.05) is 19.8 Å². The highest BCUT2D eigenvalue weighted by atomic mass is 28.4. The largest absolute Gasteiger partial charge is 0.459 e. The summed E-state index contributed by atoms with van der Waals surface area (Å²) in [6.45, 7) is 9.08. The summed E-state index contributed by atoms with van der Waals surface area (Å²) < 4.78 is 57.3. The number of benzene rings is 6. The van der Waals surface area contributed by atoms with Gasteiger partial charge in [0.2, 0.25) is 0 Å². The molecule has 390 valence electrons. The molecule has 2 saturated heterocycles. The summed E-state index contributed by atoms with van der Waals surface area (Å²) in [6.07, 6.45) is -15.2. The van der Waals surface area contributed by atoms with Crippen LogP contribution >= 0.6 is 0 Å². The molecule has 0 radical (unpaired) electrons. The molecule has 2 heterocycles. The predicted octanol–water partition coefficient (Wildman–Crippen LogP) is 6.86. The third-order valence-electron chi connectivity index (χ3n) is 12.9. The second kappa shape index (κ2) is 24.9. The maximum Gasteiger partial charge on any atom is 0.338 e. The minimum Gasteiger partial charge on any atom is -0.459 e. The van der Waals surface area contributed by atoms with E-state index in [4.69, 9.17) is 42.3 Å². The lowest BCUT2D eigenvalue weighted by molar-refractivity contribution is -0.357. The van der Waals surface area contributed by atoms with Crippen LogP contribution in [0.1, 0.15) is 62.2 Å². The van der Waals surface area contributed by atoms with Crippen LogP contribution in [0.2, 0.25) is 5.04 Å². The van der Waals surface area contributed by atoms with Crippen molar-refractivity contribution < 1.29 is 71.7 Å². The first-order valence-electron chi connectivity index (χ1n) is 24.6. The quantitative estimate of drug-likeness (QED) is 0.0370. The Labute approximate surface area is 436 Å². The van der Waals surface area contributed by atoms with Crippen molar-refractivity contribution in [3.8, 4) is 0 Å². The summed E-state index contributed by atoms with van der Waals surface area (Å²) >= 11 is 0. The van der Waals surface area contributed by atoms with Crippen LogP contribution in [0.3, 0.4) is 0 Å². The van der Waals surface area contributed by atoms with Crippen molar-refractivity contribution >= 4 is 42.6 Å². The fraction of sp³-hybridized carbons (Fsp3) is 0.288. The van der Waals surface area contributed by atoms with Gasteiger partial charge in [-0.1, -0.05) is 160 Å². The molecular weight excluding hydrogens is 977 g/mol. The van der Waals surface area contributed by atoms with Gasteiger partial charge in [-0.15, -0.1) is 6.58 Å². The van der Waals surface area contributed by atoms with Crippen molar-refractivity contribution in [2.45, 2.75) is 87.2 Å². The fourth-order valence-electron chi connectivity index (χ4n) is 9.26. The molecule has 2 fully saturated rings. The first kappa shape index (κ1) is 54.1. The van der Waals surface area contributed by atoms with Gasteiger partial charge in [0.05, 0.1) is 35.5 Å². The van der Waals surface area contributed by atoms with Crippen LogP contribution in [-0.4, -0.2) is 124 Å². The van der Waals surface area contributed by atoms with Gasteiger partial charge < -0.3 is 52.5 Å². The van der Waals surface area contributed by atoms with Gasteiger partial charge in [-0.05, 0) is 63.9 Å². The standard InChI is InChI=1S/C59H60O15Si/c1-5-36-66-57-48(61)50(47(60)45(69-57)38-68-75(59(2,3)4,43-32-20-10-21-33-43)44-34-22-11-23-35-44)74-58-52(73-56(65)42-30-18-9-19-31-42)51(72-55(64)41-28-16-8-17-29-41)49(71-54(63)40-26-14-7-15-27-40)46(70-58)37-67-53(62)39-24-12-6-13-25-39/h5-35,45-52,57-58,60-61H,1,36-38H2,2-4H3/t45-,46-,47-,48+,49-,50+,51+,52+,57+,58-/m1/s1. The average Bonchev–Trinajstić information content (AvgIpc) is 3.44. The highest BCUT2D eigenvalue weighted by Gasteiger charge is 2.57. The fourth-order valence-corrected chi connectivity index (χ4v) is 13.8. The van der Waals surface area contributed by atoms with Gasteiger partial charge in [0, 0.05) is 0 Å². The molecule has 6 aromatic carbocycles. The molecule has 0 aliphatic carbocycles. The zero-order valence-electron chi connectivity index (χ0n) is 41.7. The molecule has 2 aliphatic rings. The highest BCUT2D eigenvalue weighted by Crippen LogP contribution is 2.39.